The van der Waals surface area contributed by atoms with Crippen LogP contribution in [0.15, 0.2) is 24.3 Å². The molecule has 0 unspecified atom stereocenters. The molecule has 4 nitrogen and oxygen atoms in total. The number of nitrogens with zero attached hydrogens (tertiary/aromatic N) is 1. The Morgan fingerprint density at radius 2 is 2.10 bits per heavy atom. The molecule has 0 saturated carbocycles. The average molecular weight is 301 g/mol. The van der Waals surface area contributed by atoms with Crippen LogP contribution in [0.4, 0.5) is 18.9 Å². The highest BCUT2D eigenvalue weighted by Gasteiger charge is 2.31. The van der Waals surface area contributed by atoms with Gasteiger partial charge in [-0.2, -0.15) is 17.5 Å². The van der Waals surface area contributed by atoms with Crippen LogP contribution in [-0.2, 0) is 6.18 Å². The van der Waals surface area contributed by atoms with Crippen molar-refractivity contribution in [3.05, 3.63) is 34.7 Å². The third-order valence-corrected chi connectivity index (χ3v) is 3.49. The molecular weight excluding hydrogens is 291 g/mol. The molecule has 1 amide bonds. The summed E-state index contributed by atoms with van der Waals surface area (Å²) >= 11 is 0.849. The predicted octanol–water partition coefficient (Wildman–Crippen LogP) is 2.77. The first-order chi connectivity index (χ1) is 9.34. The Morgan fingerprint density at radius 3 is 2.70 bits per heavy atom. The summed E-state index contributed by atoms with van der Waals surface area (Å²) in [6.45, 7) is 0. The minimum Gasteiger partial charge on any atom is -0.396 e. The molecule has 20 heavy (non-hydrogen) atoms. The van der Waals surface area contributed by atoms with E-state index in [-0.39, 0.29) is 21.8 Å². The van der Waals surface area contributed by atoms with Gasteiger partial charge in [0.25, 0.3) is 5.91 Å². The summed E-state index contributed by atoms with van der Waals surface area (Å²) in [5.74, 6) is -0.418. The molecule has 106 valence electrons. The third-order valence-electron chi connectivity index (χ3n) is 2.62. The summed E-state index contributed by atoms with van der Waals surface area (Å²) < 4.78 is 41.9. The number of amides is 1. The second kappa shape index (κ2) is 5.12. The van der Waals surface area contributed by atoms with Crippen molar-refractivity contribution >= 4 is 23.1 Å². The van der Waals surface area contributed by atoms with E-state index in [1.54, 1.807) is 0 Å². The van der Waals surface area contributed by atoms with Crippen LogP contribution >= 0.6 is 11.5 Å². The molecule has 2 rings (SSSR count). The first kappa shape index (κ1) is 14.3. The van der Waals surface area contributed by atoms with Gasteiger partial charge in [-0.3, -0.25) is 4.79 Å². The smallest absolute Gasteiger partial charge is 0.396 e. The van der Waals surface area contributed by atoms with Crippen molar-refractivity contribution < 1.29 is 18.0 Å². The molecule has 0 fully saturated rings. The Kier molecular flexibility index (Phi) is 3.67. The van der Waals surface area contributed by atoms with E-state index in [1.165, 1.54) is 19.2 Å². The van der Waals surface area contributed by atoms with Crippen LogP contribution in [0, 0.1) is 0 Å². The largest absolute Gasteiger partial charge is 0.416 e. The van der Waals surface area contributed by atoms with Crippen molar-refractivity contribution in [2.75, 3.05) is 12.8 Å². The Balaban J connectivity index is 2.48. The zero-order chi connectivity index (χ0) is 14.9. The van der Waals surface area contributed by atoms with E-state index in [1.807, 2.05) is 0 Å². The predicted molar refractivity (Wildman–Crippen MR) is 70.4 cm³/mol. The number of nitrogens with one attached hydrogen (secondary N) is 1. The lowest BCUT2D eigenvalue weighted by Gasteiger charge is -2.08. The fourth-order valence-corrected chi connectivity index (χ4v) is 2.39. The lowest BCUT2D eigenvalue weighted by Crippen LogP contribution is -2.17. The van der Waals surface area contributed by atoms with E-state index in [9.17, 15) is 18.0 Å². The third kappa shape index (κ3) is 2.60. The summed E-state index contributed by atoms with van der Waals surface area (Å²) in [6, 6.07) is 4.66. The number of alkyl halides is 3. The van der Waals surface area contributed by atoms with E-state index < -0.39 is 17.6 Å². The second-order valence-corrected chi connectivity index (χ2v) is 4.71. The number of benzene rings is 1. The average Bonchev–Trinajstić information content (AvgIpc) is 2.79. The number of carbonyl (C=O) groups excluding carboxylic acids is 1. The monoisotopic (exact) mass is 301 g/mol. The first-order valence-electron chi connectivity index (χ1n) is 5.49. The summed E-state index contributed by atoms with van der Waals surface area (Å²) in [6.07, 6.45) is -4.44. The molecule has 8 heteroatoms. The second-order valence-electron chi connectivity index (χ2n) is 3.93. The number of rotatable bonds is 2. The molecule has 0 bridgehead atoms. The maximum absolute atomic E-state index is 12.7. The van der Waals surface area contributed by atoms with Gasteiger partial charge >= 0.3 is 6.18 Å². The van der Waals surface area contributed by atoms with Gasteiger partial charge in [0, 0.05) is 12.6 Å². The fraction of sp³-hybridized carbons (Fsp3) is 0.167. The van der Waals surface area contributed by atoms with Crippen LogP contribution in [0.2, 0.25) is 0 Å². The molecule has 0 aliphatic heterocycles. The molecule has 0 radical (unpaired) electrons. The van der Waals surface area contributed by atoms with E-state index in [4.69, 9.17) is 5.73 Å². The summed E-state index contributed by atoms with van der Waals surface area (Å²) in [5, 5.41) is 2.39. The summed E-state index contributed by atoms with van der Waals surface area (Å²) in [5.41, 5.74) is 5.47. The molecule has 2 aromatic rings. The number of hydrogen-bond acceptors (Lipinski definition) is 4. The van der Waals surface area contributed by atoms with Gasteiger partial charge in [-0.05, 0) is 23.7 Å². The zero-order valence-electron chi connectivity index (χ0n) is 10.3. The Morgan fingerprint density at radius 1 is 1.40 bits per heavy atom. The molecule has 1 aromatic carbocycles. The number of aromatic nitrogens is 1. The van der Waals surface area contributed by atoms with Gasteiger partial charge in [0.2, 0.25) is 0 Å². The molecule has 0 saturated heterocycles. The van der Waals surface area contributed by atoms with Crippen molar-refractivity contribution in [1.29, 1.82) is 0 Å². The van der Waals surface area contributed by atoms with Crippen molar-refractivity contribution in [3.63, 3.8) is 0 Å². The van der Waals surface area contributed by atoms with Crippen LogP contribution in [-0.4, -0.2) is 17.3 Å². The van der Waals surface area contributed by atoms with Gasteiger partial charge in [-0.15, -0.1) is 0 Å². The van der Waals surface area contributed by atoms with E-state index in [0.29, 0.717) is 0 Å². The highest BCUT2D eigenvalue weighted by atomic mass is 32.1. The quantitative estimate of drug-likeness (QED) is 0.896. The zero-order valence-corrected chi connectivity index (χ0v) is 11.1. The van der Waals surface area contributed by atoms with Crippen molar-refractivity contribution in [3.8, 4) is 11.3 Å². The fourth-order valence-electron chi connectivity index (χ4n) is 1.63. The number of anilines is 1. The van der Waals surface area contributed by atoms with E-state index in [0.717, 1.165) is 23.7 Å². The lowest BCUT2D eigenvalue weighted by atomic mass is 10.1. The number of halogens is 3. The highest BCUT2D eigenvalue weighted by Crippen LogP contribution is 2.35. The number of nitrogen functional groups attached to an aromatic ring is 1. The van der Waals surface area contributed by atoms with Gasteiger partial charge < -0.3 is 11.1 Å². The van der Waals surface area contributed by atoms with Crippen LogP contribution in [0.5, 0.6) is 0 Å². The minimum absolute atomic E-state index is 0.0775. The van der Waals surface area contributed by atoms with Crippen molar-refractivity contribution in [2.24, 2.45) is 0 Å². The van der Waals surface area contributed by atoms with E-state index >= 15 is 0 Å². The van der Waals surface area contributed by atoms with Crippen molar-refractivity contribution in [1.82, 2.24) is 9.69 Å². The molecule has 0 aliphatic carbocycles. The van der Waals surface area contributed by atoms with Gasteiger partial charge in [0.1, 0.15) is 10.6 Å². The maximum Gasteiger partial charge on any atom is 0.416 e. The number of nitrogens with two attached hydrogens (primary N) is 1. The van der Waals surface area contributed by atoms with E-state index in [2.05, 4.69) is 9.69 Å². The molecular formula is C12H10F3N3OS. The Hall–Kier alpha value is -2.09. The maximum atomic E-state index is 12.7. The molecule has 0 spiro atoms. The van der Waals surface area contributed by atoms with Gasteiger partial charge in [-0.25, -0.2) is 0 Å². The van der Waals surface area contributed by atoms with Gasteiger partial charge in [0.05, 0.1) is 11.3 Å². The molecule has 3 N–H and O–H groups in total. The number of carbonyl (C=O) groups is 1. The summed E-state index contributed by atoms with van der Waals surface area (Å²) in [7, 11) is 1.44. The van der Waals surface area contributed by atoms with Gasteiger partial charge in [-0.1, -0.05) is 12.1 Å². The minimum atomic E-state index is -4.44. The molecule has 1 heterocycles. The Bertz CT molecular complexity index is 652. The van der Waals surface area contributed by atoms with Crippen LogP contribution in [0.3, 0.4) is 0 Å². The molecule has 1 aromatic heterocycles. The molecule has 0 atom stereocenters. The highest BCUT2D eigenvalue weighted by molar-refractivity contribution is 7.09. The standard InChI is InChI=1S/C12H10F3N3OS/c1-17-11(19)10-8(16)9(18-20-10)6-3-2-4-7(5-6)12(13,14)15/h2-5H,16H2,1H3,(H,17,19). The number of hydrogen-bond donors (Lipinski definition) is 2. The topological polar surface area (TPSA) is 68.0 Å². The van der Waals surface area contributed by atoms with Crippen molar-refractivity contribution in [2.45, 2.75) is 6.18 Å². The van der Waals surface area contributed by atoms with Crippen LogP contribution in [0.1, 0.15) is 15.2 Å². The van der Waals surface area contributed by atoms with Gasteiger partial charge in [0.15, 0.2) is 0 Å². The lowest BCUT2D eigenvalue weighted by molar-refractivity contribution is -0.137. The SMILES string of the molecule is CNC(=O)c1snc(-c2cccc(C(F)(F)F)c2)c1N. The first-order valence-corrected chi connectivity index (χ1v) is 6.26. The van der Waals surface area contributed by atoms with Crippen LogP contribution < -0.4 is 11.1 Å². The van der Waals surface area contributed by atoms with Crippen LogP contribution in [0.25, 0.3) is 11.3 Å². The summed E-state index contributed by atoms with van der Waals surface area (Å²) in [4.78, 5) is 11.7. The molecule has 0 aliphatic rings. The normalized spacial score (nSPS) is 11.4. The Labute approximate surface area is 116 Å².